The van der Waals surface area contributed by atoms with Gasteiger partial charge in [0.1, 0.15) is 23.1 Å². The van der Waals surface area contributed by atoms with E-state index in [-0.39, 0.29) is 23.2 Å². The molecular weight excluding hydrogens is 576 g/mol. The average Bonchev–Trinajstić information content (AvgIpc) is 2.93. The van der Waals surface area contributed by atoms with E-state index in [4.69, 9.17) is 0 Å². The van der Waals surface area contributed by atoms with Crippen molar-refractivity contribution in [3.8, 4) is 11.3 Å². The van der Waals surface area contributed by atoms with E-state index in [1.165, 1.54) is 22.9 Å². The van der Waals surface area contributed by atoms with Crippen LogP contribution in [0.25, 0.3) is 22.4 Å². The minimum atomic E-state index is -4.32. The number of aromatic nitrogens is 4. The van der Waals surface area contributed by atoms with Crippen LogP contribution in [0.2, 0.25) is 0 Å². The van der Waals surface area contributed by atoms with Crippen molar-refractivity contribution in [2.24, 2.45) is 0 Å². The first-order chi connectivity index (χ1) is 19.9. The highest BCUT2D eigenvalue weighted by atomic mass is 32.2. The van der Waals surface area contributed by atoms with Gasteiger partial charge in [0.15, 0.2) is 23.1 Å². The van der Waals surface area contributed by atoms with Crippen LogP contribution in [0, 0.1) is 17.5 Å². The number of nitrogens with one attached hydrogen (secondary N) is 2. The predicted molar refractivity (Wildman–Crippen MR) is 151 cm³/mol. The van der Waals surface area contributed by atoms with Gasteiger partial charge in [0.05, 0.1) is 11.9 Å². The molecule has 0 spiro atoms. The fraction of sp³-hybridized carbons (Fsp3) is 0.357. The minimum absolute atomic E-state index is 0.0451. The summed E-state index contributed by atoms with van der Waals surface area (Å²) in [5.41, 5.74) is -3.01. The molecule has 0 amide bonds. The molecule has 2 aromatic heterocycles. The van der Waals surface area contributed by atoms with E-state index < -0.39 is 67.9 Å². The van der Waals surface area contributed by atoms with Gasteiger partial charge in [-0.2, -0.15) is 4.98 Å². The Kier molecular flexibility index (Phi) is 8.17. The number of hydrogen-bond acceptors (Lipinski definition) is 7. The quantitative estimate of drug-likeness (QED) is 0.202. The molecule has 5 rings (SSSR count). The van der Waals surface area contributed by atoms with Gasteiger partial charge in [-0.25, -0.2) is 35.9 Å². The molecule has 1 aliphatic carbocycles. The maximum Gasteiger partial charge on any atom is 0.279 e. The van der Waals surface area contributed by atoms with Crippen molar-refractivity contribution < 1.29 is 26.0 Å². The summed E-state index contributed by atoms with van der Waals surface area (Å²) >= 11 is 0. The zero-order chi connectivity index (χ0) is 30.2. The smallest absolute Gasteiger partial charge is 0.279 e. The first-order valence-corrected chi connectivity index (χ1v) is 15.0. The average molecular weight is 605 g/mol. The number of rotatable bonds is 8. The van der Waals surface area contributed by atoms with Gasteiger partial charge in [-0.05, 0) is 51.2 Å². The molecular formula is C28H28F4N6O3S. The van der Waals surface area contributed by atoms with E-state index in [0.29, 0.717) is 30.9 Å². The Morgan fingerprint density at radius 1 is 1.07 bits per heavy atom. The SMILES string of the molecule is CC(C)n1c(=O)c(-c2cc(F)c(NS(=O)(=O)Cc3ccccc3)c(F)c2F)nc2cnc(N[C@@H]3CCC[C@@H](F)C3)nc21. The summed E-state index contributed by atoms with van der Waals surface area (Å²) < 4.78 is 87.6. The van der Waals surface area contributed by atoms with Gasteiger partial charge in [-0.3, -0.25) is 14.1 Å². The highest BCUT2D eigenvalue weighted by molar-refractivity contribution is 7.91. The van der Waals surface area contributed by atoms with Gasteiger partial charge in [0.25, 0.3) is 5.56 Å². The van der Waals surface area contributed by atoms with Crippen molar-refractivity contribution in [3.05, 3.63) is 76.0 Å². The van der Waals surface area contributed by atoms with Gasteiger partial charge in [-0.15, -0.1) is 0 Å². The zero-order valence-electron chi connectivity index (χ0n) is 22.7. The molecule has 222 valence electrons. The van der Waals surface area contributed by atoms with Crippen LogP contribution in [0.4, 0.5) is 29.2 Å². The number of nitrogens with zero attached hydrogens (tertiary/aromatic N) is 4. The van der Waals surface area contributed by atoms with Gasteiger partial charge in [0, 0.05) is 17.6 Å². The van der Waals surface area contributed by atoms with Gasteiger partial charge in [-0.1, -0.05) is 30.3 Å². The largest absolute Gasteiger partial charge is 0.351 e. The summed E-state index contributed by atoms with van der Waals surface area (Å²) in [5, 5.41) is 3.08. The van der Waals surface area contributed by atoms with E-state index in [0.717, 1.165) is 6.42 Å². The molecule has 2 atom stereocenters. The van der Waals surface area contributed by atoms with Crippen LogP contribution in [0.5, 0.6) is 0 Å². The summed E-state index contributed by atoms with van der Waals surface area (Å²) in [6.45, 7) is 3.33. The zero-order valence-corrected chi connectivity index (χ0v) is 23.6. The predicted octanol–water partition coefficient (Wildman–Crippen LogP) is 5.49. The number of sulfonamides is 1. The second-order valence-electron chi connectivity index (χ2n) is 10.5. The molecule has 2 aromatic carbocycles. The molecule has 42 heavy (non-hydrogen) atoms. The van der Waals surface area contributed by atoms with Crippen LogP contribution in [-0.4, -0.2) is 40.2 Å². The van der Waals surface area contributed by atoms with E-state index >= 15 is 13.2 Å². The lowest BCUT2D eigenvalue weighted by molar-refractivity contribution is 0.239. The highest BCUT2D eigenvalue weighted by Gasteiger charge is 2.28. The van der Waals surface area contributed by atoms with Crippen LogP contribution in [0.1, 0.15) is 51.1 Å². The van der Waals surface area contributed by atoms with Crippen LogP contribution >= 0.6 is 0 Å². The summed E-state index contributed by atoms with van der Waals surface area (Å²) in [5.74, 6) is -5.38. The summed E-state index contributed by atoms with van der Waals surface area (Å²) in [4.78, 5) is 26.2. The number of anilines is 2. The minimum Gasteiger partial charge on any atom is -0.351 e. The van der Waals surface area contributed by atoms with Crippen molar-refractivity contribution in [1.82, 2.24) is 19.5 Å². The van der Waals surface area contributed by atoms with E-state index in [1.807, 2.05) is 0 Å². The topological polar surface area (TPSA) is 119 Å². The van der Waals surface area contributed by atoms with Crippen LogP contribution in [-0.2, 0) is 15.8 Å². The first kappa shape index (κ1) is 29.4. The number of hydrogen-bond donors (Lipinski definition) is 2. The Morgan fingerprint density at radius 2 is 1.81 bits per heavy atom. The lowest BCUT2D eigenvalue weighted by Gasteiger charge is -2.25. The lowest BCUT2D eigenvalue weighted by atomic mass is 9.94. The number of halogens is 4. The summed E-state index contributed by atoms with van der Waals surface area (Å²) in [6.07, 6.45) is 2.57. The molecule has 1 saturated carbocycles. The molecule has 14 heteroatoms. The fourth-order valence-electron chi connectivity index (χ4n) is 5.02. The third-order valence-electron chi connectivity index (χ3n) is 6.96. The molecule has 0 aliphatic heterocycles. The van der Waals surface area contributed by atoms with Crippen molar-refractivity contribution in [3.63, 3.8) is 0 Å². The number of fused-ring (bicyclic) bond motifs is 1. The molecule has 4 aromatic rings. The lowest BCUT2D eigenvalue weighted by Crippen LogP contribution is -2.30. The second kappa shape index (κ2) is 11.7. The van der Waals surface area contributed by atoms with Crippen LogP contribution in [0.3, 0.4) is 0 Å². The Bertz CT molecular complexity index is 1800. The van der Waals surface area contributed by atoms with Crippen LogP contribution < -0.4 is 15.6 Å². The van der Waals surface area contributed by atoms with Crippen molar-refractivity contribution >= 4 is 32.8 Å². The fourth-order valence-corrected chi connectivity index (χ4v) is 6.22. The standard InChI is InChI=1S/C28H28F4N6O3S/c1-15(2)38-26-21(13-33-28(36-26)34-18-10-6-9-17(29)11-18)35-24(27(38)39)19-12-20(30)25(23(32)22(19)31)37-42(40,41)14-16-7-4-3-5-8-16/h3-5,7-8,12-13,15,17-18,37H,6,9-11,14H2,1-2H3,(H,33,34,36)/t17-,18-/m1/s1. The first-order valence-electron chi connectivity index (χ1n) is 13.4. The number of benzene rings is 2. The van der Waals surface area contributed by atoms with Gasteiger partial charge in [0.2, 0.25) is 16.0 Å². The molecule has 2 N–H and O–H groups in total. The van der Waals surface area contributed by atoms with Gasteiger partial charge >= 0.3 is 0 Å². The summed E-state index contributed by atoms with van der Waals surface area (Å²) in [6, 6.07) is 7.69. The van der Waals surface area contributed by atoms with Crippen LogP contribution in [0.15, 0.2) is 47.4 Å². The molecule has 0 radical (unpaired) electrons. The molecule has 0 bridgehead atoms. The Morgan fingerprint density at radius 3 is 2.50 bits per heavy atom. The normalized spacial score (nSPS) is 17.5. The van der Waals surface area contributed by atoms with Crippen molar-refractivity contribution in [2.75, 3.05) is 10.0 Å². The monoisotopic (exact) mass is 604 g/mol. The third kappa shape index (κ3) is 6.08. The van der Waals surface area contributed by atoms with Crippen molar-refractivity contribution in [1.29, 1.82) is 0 Å². The summed E-state index contributed by atoms with van der Waals surface area (Å²) in [7, 11) is -4.32. The molecule has 1 fully saturated rings. The Labute approximate surface area is 239 Å². The van der Waals surface area contributed by atoms with E-state index in [9.17, 15) is 17.6 Å². The highest BCUT2D eigenvalue weighted by Crippen LogP contribution is 2.31. The maximum absolute atomic E-state index is 15.4. The molecule has 0 unspecified atom stereocenters. The maximum atomic E-state index is 15.4. The molecule has 0 saturated heterocycles. The van der Waals surface area contributed by atoms with E-state index in [1.54, 1.807) is 36.8 Å². The Balaban J connectivity index is 1.53. The number of alkyl halides is 1. The van der Waals surface area contributed by atoms with Crippen molar-refractivity contribution in [2.45, 2.75) is 63.5 Å². The molecule has 1 aliphatic rings. The third-order valence-corrected chi connectivity index (χ3v) is 8.19. The van der Waals surface area contributed by atoms with E-state index in [2.05, 4.69) is 20.3 Å². The van der Waals surface area contributed by atoms with Gasteiger partial charge < -0.3 is 5.32 Å². The molecule has 9 nitrogen and oxygen atoms in total. The second-order valence-corrected chi connectivity index (χ2v) is 12.2. The Hall–Kier alpha value is -4.07. The molecule has 2 heterocycles.